The highest BCUT2D eigenvalue weighted by atomic mass is 32.2. The minimum Gasteiger partial charge on any atom is -0.393 e. The Hall–Kier alpha value is -2.65. The molecule has 8 nitrogen and oxygen atoms in total. The van der Waals surface area contributed by atoms with E-state index < -0.39 is 9.84 Å². The maximum Gasteiger partial charge on any atom is 0.259 e. The second kappa shape index (κ2) is 9.58. The molecule has 1 spiro atoms. The number of nitrogens with one attached hydrogen (secondary N) is 2. The second-order valence-electron chi connectivity index (χ2n) is 12.3. The molecule has 0 radical (unpaired) electrons. The number of sulfone groups is 1. The number of pyridine rings is 1. The first-order chi connectivity index (χ1) is 17.4. The molecule has 0 unspecified atom stereocenters. The number of hydrogen-bond acceptors (Lipinski definition) is 7. The van der Waals surface area contributed by atoms with E-state index in [1.165, 1.54) is 18.9 Å². The number of aromatic nitrogens is 1. The fraction of sp³-hybridized carbons (Fsp3) is 0.571. The molecule has 5 rings (SSSR count). The molecule has 2 saturated carbocycles. The van der Waals surface area contributed by atoms with Crippen molar-refractivity contribution in [3.63, 3.8) is 0 Å². The zero-order chi connectivity index (χ0) is 26.4. The van der Waals surface area contributed by atoms with Gasteiger partial charge in [0.1, 0.15) is 11.6 Å². The molecule has 1 aromatic heterocycles. The van der Waals surface area contributed by atoms with Gasteiger partial charge in [0.05, 0.1) is 22.3 Å². The summed E-state index contributed by atoms with van der Waals surface area (Å²) in [5.74, 6) is 1.05. The number of piperidine rings is 1. The predicted molar refractivity (Wildman–Crippen MR) is 146 cm³/mol. The van der Waals surface area contributed by atoms with Gasteiger partial charge >= 0.3 is 0 Å². The fourth-order valence-corrected chi connectivity index (χ4v) is 7.25. The molecule has 9 heteroatoms. The number of rotatable bonds is 7. The lowest BCUT2D eigenvalue weighted by Crippen LogP contribution is -2.39. The van der Waals surface area contributed by atoms with Gasteiger partial charge in [-0.2, -0.15) is 0 Å². The topological polar surface area (TPSA) is 112 Å². The van der Waals surface area contributed by atoms with Crippen molar-refractivity contribution in [2.45, 2.75) is 76.3 Å². The Kier molecular flexibility index (Phi) is 6.73. The molecule has 3 fully saturated rings. The van der Waals surface area contributed by atoms with E-state index >= 15 is 0 Å². The lowest BCUT2D eigenvalue weighted by atomic mass is 9.89. The van der Waals surface area contributed by atoms with Gasteiger partial charge in [0, 0.05) is 24.8 Å². The van der Waals surface area contributed by atoms with E-state index in [0.29, 0.717) is 41.1 Å². The minimum atomic E-state index is -3.49. The molecular formula is C28H38N4O4S. The quantitative estimate of drug-likeness (QED) is 0.488. The molecule has 3 N–H and O–H groups in total. The zero-order valence-electron chi connectivity index (χ0n) is 22.0. The molecule has 200 valence electrons. The molecule has 0 atom stereocenters. The average Bonchev–Trinajstić information content (AvgIpc) is 3.56. The number of benzene rings is 1. The summed E-state index contributed by atoms with van der Waals surface area (Å²) in [4.78, 5) is 20.7. The summed E-state index contributed by atoms with van der Waals surface area (Å²) in [5.41, 5.74) is 1.02. The molecule has 3 aliphatic rings. The Balaban J connectivity index is 1.37. The van der Waals surface area contributed by atoms with Crippen molar-refractivity contribution in [2.75, 3.05) is 34.4 Å². The van der Waals surface area contributed by atoms with Gasteiger partial charge in [-0.05, 0) is 79.7 Å². The van der Waals surface area contributed by atoms with E-state index in [1.807, 2.05) is 20.8 Å². The molecule has 2 heterocycles. The van der Waals surface area contributed by atoms with Crippen molar-refractivity contribution in [3.05, 3.63) is 42.0 Å². The summed E-state index contributed by atoms with van der Waals surface area (Å²) in [6.45, 7) is 7.39. The Labute approximate surface area is 219 Å². The summed E-state index contributed by atoms with van der Waals surface area (Å²) < 4.78 is 25.8. The third-order valence-electron chi connectivity index (χ3n) is 7.74. The monoisotopic (exact) mass is 526 g/mol. The van der Waals surface area contributed by atoms with Crippen molar-refractivity contribution in [3.8, 4) is 0 Å². The van der Waals surface area contributed by atoms with E-state index in [-0.39, 0.29) is 34.1 Å². The summed E-state index contributed by atoms with van der Waals surface area (Å²) >= 11 is 0. The van der Waals surface area contributed by atoms with Crippen LogP contribution in [0.1, 0.15) is 69.7 Å². The first kappa shape index (κ1) is 26.0. The number of hydrogen-bond donors (Lipinski definition) is 3. The smallest absolute Gasteiger partial charge is 0.259 e. The van der Waals surface area contributed by atoms with Crippen LogP contribution in [0, 0.1) is 10.8 Å². The van der Waals surface area contributed by atoms with E-state index in [9.17, 15) is 18.3 Å². The second-order valence-corrected chi connectivity index (χ2v) is 14.3. The molecule has 1 aromatic carbocycles. The van der Waals surface area contributed by atoms with Crippen LogP contribution in [-0.2, 0) is 9.84 Å². The van der Waals surface area contributed by atoms with Crippen molar-refractivity contribution < 1.29 is 18.3 Å². The molecule has 1 amide bonds. The van der Waals surface area contributed by atoms with Gasteiger partial charge in [-0.3, -0.25) is 4.79 Å². The van der Waals surface area contributed by atoms with Gasteiger partial charge in [0.15, 0.2) is 9.84 Å². The number of nitrogens with zero attached hydrogens (tertiary/aromatic N) is 2. The molecular weight excluding hydrogens is 488 g/mol. The third-order valence-corrected chi connectivity index (χ3v) is 9.96. The fourth-order valence-electron chi connectivity index (χ4n) is 5.35. The lowest BCUT2D eigenvalue weighted by molar-refractivity contribution is 0.0835. The average molecular weight is 527 g/mol. The van der Waals surface area contributed by atoms with E-state index in [4.69, 9.17) is 4.98 Å². The third kappa shape index (κ3) is 6.09. The van der Waals surface area contributed by atoms with Gasteiger partial charge in [-0.25, -0.2) is 13.4 Å². The first-order valence-corrected chi connectivity index (χ1v) is 14.9. The summed E-state index contributed by atoms with van der Waals surface area (Å²) in [5, 5.41) is 15.9. The van der Waals surface area contributed by atoms with Crippen LogP contribution in [0.2, 0.25) is 0 Å². The molecule has 37 heavy (non-hydrogen) atoms. The first-order valence-electron chi connectivity index (χ1n) is 13.3. The number of anilines is 3. The van der Waals surface area contributed by atoms with E-state index in [2.05, 4.69) is 15.5 Å². The van der Waals surface area contributed by atoms with Gasteiger partial charge in [-0.1, -0.05) is 26.8 Å². The summed E-state index contributed by atoms with van der Waals surface area (Å²) in [6.07, 6.45) is 5.93. The molecule has 1 aliphatic heterocycles. The van der Waals surface area contributed by atoms with Gasteiger partial charge < -0.3 is 20.6 Å². The predicted octanol–water partition coefficient (Wildman–Crippen LogP) is 4.47. The highest BCUT2D eigenvalue weighted by molar-refractivity contribution is 7.91. The van der Waals surface area contributed by atoms with Crippen molar-refractivity contribution >= 4 is 33.1 Å². The van der Waals surface area contributed by atoms with Crippen LogP contribution in [0.3, 0.4) is 0 Å². The number of aliphatic hydroxyl groups excluding tert-OH is 1. The maximum absolute atomic E-state index is 13.5. The normalized spacial score (nSPS) is 22.9. The number of aliphatic hydroxyl groups is 1. The SMILES string of the molecule is CC(C)(C)CS(=O)(=O)c1cccc(NC(=O)c2ccc(NC3CC(O)C3)nc2N2CCC3(CC2)CC3)c1. The summed E-state index contributed by atoms with van der Waals surface area (Å²) in [6, 6.07) is 10.2. The number of amides is 1. The highest BCUT2D eigenvalue weighted by Gasteiger charge is 2.45. The Morgan fingerprint density at radius 1 is 1.11 bits per heavy atom. The van der Waals surface area contributed by atoms with Crippen LogP contribution in [0.25, 0.3) is 0 Å². The van der Waals surface area contributed by atoms with Gasteiger partial charge in [-0.15, -0.1) is 0 Å². The van der Waals surface area contributed by atoms with E-state index in [0.717, 1.165) is 25.9 Å². The van der Waals surface area contributed by atoms with Crippen LogP contribution in [0.15, 0.2) is 41.3 Å². The van der Waals surface area contributed by atoms with Crippen molar-refractivity contribution in [1.29, 1.82) is 0 Å². The molecule has 2 aromatic rings. The van der Waals surface area contributed by atoms with Gasteiger partial charge in [0.2, 0.25) is 0 Å². The van der Waals surface area contributed by atoms with Crippen LogP contribution < -0.4 is 15.5 Å². The zero-order valence-corrected chi connectivity index (χ0v) is 22.8. The van der Waals surface area contributed by atoms with Crippen LogP contribution in [0.5, 0.6) is 0 Å². The van der Waals surface area contributed by atoms with Crippen LogP contribution in [0.4, 0.5) is 17.3 Å². The van der Waals surface area contributed by atoms with E-state index in [1.54, 1.807) is 30.3 Å². The van der Waals surface area contributed by atoms with Crippen LogP contribution >= 0.6 is 0 Å². The minimum absolute atomic E-state index is 0.0222. The van der Waals surface area contributed by atoms with Crippen molar-refractivity contribution in [2.24, 2.45) is 10.8 Å². The Bertz CT molecular complexity index is 1270. The number of carbonyl (C=O) groups excluding carboxylic acids is 1. The molecule has 2 aliphatic carbocycles. The standard InChI is InChI=1S/C28H38N4O4S/c1-27(2,3)18-37(35,36)22-6-4-5-19(17-22)30-26(34)23-7-8-24(29-20-15-21(33)16-20)31-25(23)32-13-11-28(9-10-28)12-14-32/h4-8,17,20-21,33H,9-16,18H2,1-3H3,(H,29,31)(H,30,34). The summed E-state index contributed by atoms with van der Waals surface area (Å²) in [7, 11) is -3.49. The molecule has 0 bridgehead atoms. The number of carbonyl (C=O) groups is 1. The van der Waals surface area contributed by atoms with Crippen LogP contribution in [-0.4, -0.2) is 55.4 Å². The Morgan fingerprint density at radius 2 is 1.81 bits per heavy atom. The van der Waals surface area contributed by atoms with Gasteiger partial charge in [0.25, 0.3) is 5.91 Å². The van der Waals surface area contributed by atoms with Crippen molar-refractivity contribution in [1.82, 2.24) is 4.98 Å². The lowest BCUT2D eigenvalue weighted by Gasteiger charge is -2.35. The highest BCUT2D eigenvalue weighted by Crippen LogP contribution is 2.54. The maximum atomic E-state index is 13.5. The Morgan fingerprint density at radius 3 is 2.43 bits per heavy atom. The molecule has 1 saturated heterocycles. The largest absolute Gasteiger partial charge is 0.393 e.